The van der Waals surface area contributed by atoms with Crippen molar-refractivity contribution in [2.24, 2.45) is 35.1 Å². The Morgan fingerprint density at radius 1 is 0.585 bits per heavy atom. The molecule has 0 aromatic carbocycles. The summed E-state index contributed by atoms with van der Waals surface area (Å²) in [5.41, 5.74) is 11.7. The Bertz CT molecular complexity index is 817. The average Bonchev–Trinajstić information content (AvgIpc) is 2.85. The zero-order chi connectivity index (χ0) is 31.7. The van der Waals surface area contributed by atoms with Gasteiger partial charge in [-0.3, -0.25) is 19.2 Å². The summed E-state index contributed by atoms with van der Waals surface area (Å²) < 4.78 is 0. The number of rotatable bonds is 21. The van der Waals surface area contributed by atoms with Crippen molar-refractivity contribution in [1.82, 2.24) is 21.3 Å². The van der Waals surface area contributed by atoms with E-state index in [0.717, 1.165) is 0 Å². The molecule has 0 fully saturated rings. The van der Waals surface area contributed by atoms with E-state index >= 15 is 0 Å². The van der Waals surface area contributed by atoms with Crippen LogP contribution in [0.3, 0.4) is 0 Å². The molecule has 4 amide bonds. The van der Waals surface area contributed by atoms with Crippen LogP contribution in [0.1, 0.15) is 100 Å². The number of amides is 4. The number of unbranched alkanes of at least 4 members (excludes halogenated alkanes) is 1. The van der Waals surface area contributed by atoms with Gasteiger partial charge in [0.05, 0.1) is 12.1 Å². The zero-order valence-corrected chi connectivity index (χ0v) is 26.6. The second-order valence-electron chi connectivity index (χ2n) is 12.8. The lowest BCUT2D eigenvalue weighted by atomic mass is 9.98. The molecule has 0 heterocycles. The van der Waals surface area contributed by atoms with Gasteiger partial charge in [-0.2, -0.15) is 0 Å². The average molecular weight is 583 g/mol. The van der Waals surface area contributed by atoms with Crippen LogP contribution < -0.4 is 32.7 Å². The molecule has 0 saturated heterocycles. The Morgan fingerprint density at radius 3 is 1.41 bits per heavy atom. The van der Waals surface area contributed by atoms with Crippen LogP contribution in [0.4, 0.5) is 0 Å². The molecule has 0 rings (SSSR count). The van der Waals surface area contributed by atoms with Crippen molar-refractivity contribution in [3.05, 3.63) is 0 Å². The van der Waals surface area contributed by atoms with Crippen LogP contribution in [0, 0.1) is 23.7 Å². The number of aldehydes is 1. The van der Waals surface area contributed by atoms with Crippen LogP contribution >= 0.6 is 0 Å². The summed E-state index contributed by atoms with van der Waals surface area (Å²) in [6, 6.07) is -4.09. The van der Waals surface area contributed by atoms with E-state index in [9.17, 15) is 24.0 Å². The Kier molecular flexibility index (Phi) is 19.1. The Hall–Kier alpha value is -2.53. The van der Waals surface area contributed by atoms with E-state index < -0.39 is 53.8 Å². The molecular weight excluding hydrogens is 524 g/mol. The van der Waals surface area contributed by atoms with Crippen LogP contribution in [0.15, 0.2) is 0 Å². The molecule has 0 radical (unpaired) electrons. The first-order valence-electron chi connectivity index (χ1n) is 15.2. The molecule has 0 bridgehead atoms. The maximum absolute atomic E-state index is 13.5. The first-order valence-corrected chi connectivity index (χ1v) is 15.2. The van der Waals surface area contributed by atoms with Gasteiger partial charge >= 0.3 is 0 Å². The van der Waals surface area contributed by atoms with Crippen LogP contribution in [-0.2, 0) is 24.0 Å². The van der Waals surface area contributed by atoms with Gasteiger partial charge in [0.15, 0.2) is 0 Å². The molecule has 0 aromatic heterocycles. The van der Waals surface area contributed by atoms with Crippen LogP contribution in [0.25, 0.3) is 0 Å². The van der Waals surface area contributed by atoms with Gasteiger partial charge in [0, 0.05) is 0 Å². The predicted octanol–water partition coefficient (Wildman–Crippen LogP) is 1.77. The van der Waals surface area contributed by atoms with E-state index in [1.54, 1.807) is 0 Å². The van der Waals surface area contributed by atoms with Crippen LogP contribution in [-0.4, -0.2) is 66.7 Å². The number of nitrogens with one attached hydrogen (secondary N) is 4. The standard InChI is InChI=1S/C30H58N6O5/c1-18(2)13-22(17-37)33-28(39)24(11-9-10-12-31)34-29(40)26(16-21(7)8)36-30(41)25(15-20(5)6)35-27(38)23(32)14-19(3)4/h17-26H,9-16,31-32H2,1-8H3,(H,33,39)(H,34,40)(H,35,38)(H,36,41)/t22-,23-,24-,25-,26-/m0/s1. The molecule has 0 aliphatic carbocycles. The van der Waals surface area contributed by atoms with Crippen molar-refractivity contribution in [3.8, 4) is 0 Å². The maximum atomic E-state index is 13.5. The SMILES string of the molecule is CC(C)C[C@@H](C=O)NC(=O)[C@H](CCCCN)NC(=O)[C@H](CC(C)C)NC(=O)[C@H](CC(C)C)NC(=O)[C@@H](N)CC(C)C. The fourth-order valence-electron chi connectivity index (χ4n) is 4.55. The zero-order valence-electron chi connectivity index (χ0n) is 26.6. The van der Waals surface area contributed by atoms with Crippen LogP contribution in [0.2, 0.25) is 0 Å². The molecule has 0 saturated carbocycles. The highest BCUT2D eigenvalue weighted by molar-refractivity contribution is 5.95. The second-order valence-corrected chi connectivity index (χ2v) is 12.8. The maximum Gasteiger partial charge on any atom is 0.243 e. The quantitative estimate of drug-likeness (QED) is 0.0879. The van der Waals surface area contributed by atoms with Crippen LogP contribution in [0.5, 0.6) is 0 Å². The molecule has 0 spiro atoms. The Labute approximate surface area is 247 Å². The number of hydrogen-bond acceptors (Lipinski definition) is 7. The third-order valence-corrected chi connectivity index (χ3v) is 6.54. The normalized spacial score (nSPS) is 15.3. The van der Waals surface area contributed by atoms with Gasteiger partial charge in [-0.05, 0) is 75.2 Å². The molecular formula is C30H58N6O5. The van der Waals surface area contributed by atoms with Crippen molar-refractivity contribution >= 4 is 29.9 Å². The third-order valence-electron chi connectivity index (χ3n) is 6.54. The minimum atomic E-state index is -0.930. The van der Waals surface area contributed by atoms with Gasteiger partial charge in [-0.1, -0.05) is 55.4 Å². The lowest BCUT2D eigenvalue weighted by molar-refractivity contribution is -0.134. The monoisotopic (exact) mass is 582 g/mol. The van der Waals surface area contributed by atoms with Crippen molar-refractivity contribution in [2.75, 3.05) is 6.54 Å². The molecule has 8 N–H and O–H groups in total. The molecule has 11 heteroatoms. The second kappa shape index (κ2) is 20.4. The van der Waals surface area contributed by atoms with Gasteiger partial charge < -0.3 is 37.5 Å². The summed E-state index contributed by atoms with van der Waals surface area (Å²) in [4.78, 5) is 64.3. The summed E-state index contributed by atoms with van der Waals surface area (Å²) in [5, 5.41) is 11.1. The number of nitrogens with two attached hydrogens (primary N) is 2. The van der Waals surface area contributed by atoms with E-state index in [4.69, 9.17) is 11.5 Å². The highest BCUT2D eigenvalue weighted by Crippen LogP contribution is 2.12. The van der Waals surface area contributed by atoms with Gasteiger partial charge in [-0.25, -0.2) is 0 Å². The van der Waals surface area contributed by atoms with Crippen molar-refractivity contribution in [2.45, 2.75) is 131 Å². The summed E-state index contributed by atoms with van der Waals surface area (Å²) >= 11 is 0. The van der Waals surface area contributed by atoms with E-state index in [0.29, 0.717) is 57.8 Å². The Morgan fingerprint density at radius 2 is 1.00 bits per heavy atom. The minimum Gasteiger partial charge on any atom is -0.345 e. The predicted molar refractivity (Wildman–Crippen MR) is 162 cm³/mol. The topological polar surface area (TPSA) is 186 Å². The van der Waals surface area contributed by atoms with E-state index in [1.807, 2.05) is 55.4 Å². The van der Waals surface area contributed by atoms with Gasteiger partial charge in [0.2, 0.25) is 23.6 Å². The molecule has 238 valence electrons. The molecule has 0 aliphatic heterocycles. The lowest BCUT2D eigenvalue weighted by Gasteiger charge is -2.28. The van der Waals surface area contributed by atoms with Crippen molar-refractivity contribution in [3.63, 3.8) is 0 Å². The summed E-state index contributed by atoms with van der Waals surface area (Å²) in [7, 11) is 0. The van der Waals surface area contributed by atoms with Crippen molar-refractivity contribution < 1.29 is 24.0 Å². The van der Waals surface area contributed by atoms with E-state index in [-0.39, 0.29) is 23.7 Å². The molecule has 41 heavy (non-hydrogen) atoms. The van der Waals surface area contributed by atoms with Gasteiger partial charge in [0.1, 0.15) is 24.4 Å². The number of hydrogen-bond donors (Lipinski definition) is 6. The van der Waals surface area contributed by atoms with Gasteiger partial charge in [0.25, 0.3) is 0 Å². The molecule has 0 aromatic rings. The lowest BCUT2D eigenvalue weighted by Crippen LogP contribution is -2.58. The smallest absolute Gasteiger partial charge is 0.243 e. The van der Waals surface area contributed by atoms with E-state index in [2.05, 4.69) is 21.3 Å². The number of carbonyl (C=O) groups is 5. The summed E-state index contributed by atoms with van der Waals surface area (Å²) in [5.74, 6) is -1.28. The number of carbonyl (C=O) groups excluding carboxylic acids is 5. The summed E-state index contributed by atoms with van der Waals surface area (Å²) in [6.07, 6.45) is 3.97. The fourth-order valence-corrected chi connectivity index (χ4v) is 4.55. The fraction of sp³-hybridized carbons (Fsp3) is 0.833. The first kappa shape index (κ1) is 38.5. The van der Waals surface area contributed by atoms with Crippen molar-refractivity contribution in [1.29, 1.82) is 0 Å². The molecule has 11 nitrogen and oxygen atoms in total. The molecule has 0 aliphatic rings. The highest BCUT2D eigenvalue weighted by Gasteiger charge is 2.31. The highest BCUT2D eigenvalue weighted by atomic mass is 16.2. The molecule has 5 atom stereocenters. The van der Waals surface area contributed by atoms with E-state index in [1.165, 1.54) is 0 Å². The largest absolute Gasteiger partial charge is 0.345 e. The molecule has 0 unspecified atom stereocenters. The third kappa shape index (κ3) is 17.1. The Balaban J connectivity index is 5.80. The summed E-state index contributed by atoms with van der Waals surface area (Å²) in [6.45, 7) is 16.0. The minimum absolute atomic E-state index is 0.0543. The van der Waals surface area contributed by atoms with Gasteiger partial charge in [-0.15, -0.1) is 0 Å². The first-order chi connectivity index (χ1) is 19.1.